The average molecular weight is 302 g/mol. The zero-order chi connectivity index (χ0) is 14.1. The first-order valence-electron chi connectivity index (χ1n) is 8.02. The molecule has 0 radical (unpaired) electrons. The number of imidazole rings is 1. The third-order valence-corrected chi connectivity index (χ3v) is 5.87. The lowest BCUT2D eigenvalue weighted by Gasteiger charge is -2.23. The van der Waals surface area contributed by atoms with Gasteiger partial charge in [-0.05, 0) is 56.2 Å². The van der Waals surface area contributed by atoms with Crippen molar-refractivity contribution in [2.45, 2.75) is 31.7 Å². The Kier molecular flexibility index (Phi) is 3.86. The SMILES string of the molecule is c1cnc2c(c1)nc(CC1CCNCC1)n2C1CCSC1. The van der Waals surface area contributed by atoms with E-state index in [1.165, 1.54) is 36.6 Å². The van der Waals surface area contributed by atoms with Gasteiger partial charge in [0.2, 0.25) is 0 Å². The van der Waals surface area contributed by atoms with Gasteiger partial charge in [-0.15, -0.1) is 0 Å². The maximum atomic E-state index is 4.92. The summed E-state index contributed by atoms with van der Waals surface area (Å²) >= 11 is 2.06. The van der Waals surface area contributed by atoms with Crippen molar-refractivity contribution < 1.29 is 0 Å². The number of hydrogen-bond acceptors (Lipinski definition) is 4. The molecule has 2 fully saturated rings. The predicted molar refractivity (Wildman–Crippen MR) is 87.8 cm³/mol. The molecule has 2 aliphatic heterocycles. The predicted octanol–water partition coefficient (Wildman–Crippen LogP) is 2.65. The van der Waals surface area contributed by atoms with Gasteiger partial charge in [0.15, 0.2) is 5.65 Å². The number of pyridine rings is 1. The minimum atomic E-state index is 0.589. The summed E-state index contributed by atoms with van der Waals surface area (Å²) in [5, 5.41) is 3.45. The van der Waals surface area contributed by atoms with E-state index in [2.05, 4.69) is 32.7 Å². The van der Waals surface area contributed by atoms with Crippen molar-refractivity contribution in [1.29, 1.82) is 0 Å². The Hall–Kier alpha value is -1.07. The first-order valence-corrected chi connectivity index (χ1v) is 9.17. The molecule has 5 heteroatoms. The standard InChI is InChI=1S/C16H22N4S/c1-2-14-16(18-6-1)20(13-5-9-21-11-13)15(19-14)10-12-3-7-17-8-4-12/h1-2,6,12-13,17H,3-5,7-11H2. The fraction of sp³-hybridized carbons (Fsp3) is 0.625. The van der Waals surface area contributed by atoms with Gasteiger partial charge in [0, 0.05) is 24.4 Å². The average Bonchev–Trinajstić information content (AvgIpc) is 3.14. The van der Waals surface area contributed by atoms with Crippen LogP contribution in [0.4, 0.5) is 0 Å². The van der Waals surface area contributed by atoms with E-state index in [0.29, 0.717) is 6.04 Å². The van der Waals surface area contributed by atoms with Gasteiger partial charge in [-0.1, -0.05) is 0 Å². The molecule has 4 heterocycles. The fourth-order valence-electron chi connectivity index (χ4n) is 3.57. The molecule has 1 N–H and O–H groups in total. The van der Waals surface area contributed by atoms with Crippen LogP contribution < -0.4 is 5.32 Å². The highest BCUT2D eigenvalue weighted by Gasteiger charge is 2.25. The van der Waals surface area contributed by atoms with Gasteiger partial charge in [-0.3, -0.25) is 0 Å². The largest absolute Gasteiger partial charge is 0.317 e. The minimum Gasteiger partial charge on any atom is -0.317 e. The molecule has 2 aliphatic rings. The van der Waals surface area contributed by atoms with Crippen LogP contribution in [0.3, 0.4) is 0 Å². The van der Waals surface area contributed by atoms with E-state index in [1.54, 1.807) is 0 Å². The van der Waals surface area contributed by atoms with Gasteiger partial charge < -0.3 is 9.88 Å². The molecule has 0 spiro atoms. The van der Waals surface area contributed by atoms with Gasteiger partial charge in [-0.25, -0.2) is 9.97 Å². The highest BCUT2D eigenvalue weighted by molar-refractivity contribution is 7.99. The topological polar surface area (TPSA) is 42.7 Å². The summed E-state index contributed by atoms with van der Waals surface area (Å²) in [5.41, 5.74) is 2.16. The van der Waals surface area contributed by atoms with E-state index in [0.717, 1.165) is 36.6 Å². The molecule has 0 amide bonds. The second-order valence-corrected chi connectivity index (χ2v) is 7.31. The van der Waals surface area contributed by atoms with Crippen LogP contribution in [0.1, 0.15) is 31.1 Å². The van der Waals surface area contributed by atoms with Crippen LogP contribution in [0.15, 0.2) is 18.3 Å². The summed E-state index contributed by atoms with van der Waals surface area (Å²) < 4.78 is 2.46. The minimum absolute atomic E-state index is 0.589. The van der Waals surface area contributed by atoms with E-state index in [9.17, 15) is 0 Å². The molecule has 4 rings (SSSR count). The summed E-state index contributed by atoms with van der Waals surface area (Å²) in [4.78, 5) is 9.54. The quantitative estimate of drug-likeness (QED) is 0.946. The van der Waals surface area contributed by atoms with Gasteiger partial charge in [0.25, 0.3) is 0 Å². The van der Waals surface area contributed by atoms with Gasteiger partial charge in [-0.2, -0.15) is 11.8 Å². The van der Waals surface area contributed by atoms with E-state index in [1.807, 2.05) is 12.3 Å². The van der Waals surface area contributed by atoms with Crippen LogP contribution in [0.2, 0.25) is 0 Å². The van der Waals surface area contributed by atoms with Crippen LogP contribution in [0, 0.1) is 5.92 Å². The lowest BCUT2D eigenvalue weighted by molar-refractivity contribution is 0.360. The van der Waals surface area contributed by atoms with Crippen LogP contribution >= 0.6 is 11.8 Å². The molecule has 21 heavy (non-hydrogen) atoms. The molecule has 2 aromatic rings. The molecule has 0 saturated carbocycles. The molecule has 2 aromatic heterocycles. The zero-order valence-corrected chi connectivity index (χ0v) is 13.1. The van der Waals surface area contributed by atoms with Crippen molar-refractivity contribution in [3.8, 4) is 0 Å². The van der Waals surface area contributed by atoms with Crippen molar-refractivity contribution in [2.75, 3.05) is 24.6 Å². The molecule has 4 nitrogen and oxygen atoms in total. The molecule has 2 saturated heterocycles. The summed E-state index contributed by atoms with van der Waals surface area (Å²) in [6.07, 6.45) is 6.81. The lowest BCUT2D eigenvalue weighted by atomic mass is 9.94. The van der Waals surface area contributed by atoms with E-state index >= 15 is 0 Å². The number of fused-ring (bicyclic) bond motifs is 1. The third kappa shape index (κ3) is 2.69. The van der Waals surface area contributed by atoms with Crippen LogP contribution in [-0.4, -0.2) is 39.1 Å². The van der Waals surface area contributed by atoms with Crippen molar-refractivity contribution in [3.63, 3.8) is 0 Å². The highest BCUT2D eigenvalue weighted by atomic mass is 32.2. The smallest absolute Gasteiger partial charge is 0.160 e. The Balaban J connectivity index is 1.70. The number of rotatable bonds is 3. The van der Waals surface area contributed by atoms with Crippen LogP contribution in [0.25, 0.3) is 11.2 Å². The Morgan fingerprint density at radius 3 is 3.00 bits per heavy atom. The van der Waals surface area contributed by atoms with Crippen molar-refractivity contribution in [1.82, 2.24) is 19.9 Å². The van der Waals surface area contributed by atoms with Crippen molar-refractivity contribution >= 4 is 22.9 Å². The van der Waals surface area contributed by atoms with Crippen molar-refractivity contribution in [2.24, 2.45) is 5.92 Å². The molecular weight excluding hydrogens is 280 g/mol. The summed E-state index contributed by atoms with van der Waals surface area (Å²) in [6, 6.07) is 4.69. The number of nitrogens with one attached hydrogen (secondary N) is 1. The normalized spacial score (nSPS) is 23.9. The van der Waals surface area contributed by atoms with Crippen LogP contribution in [0.5, 0.6) is 0 Å². The maximum absolute atomic E-state index is 4.92. The molecule has 0 aromatic carbocycles. The van der Waals surface area contributed by atoms with E-state index in [-0.39, 0.29) is 0 Å². The summed E-state index contributed by atoms with van der Waals surface area (Å²) in [5.74, 6) is 4.52. The fourth-order valence-corrected chi connectivity index (χ4v) is 4.77. The first-order chi connectivity index (χ1) is 10.4. The molecule has 1 atom stereocenters. The van der Waals surface area contributed by atoms with Crippen molar-refractivity contribution in [3.05, 3.63) is 24.2 Å². The van der Waals surface area contributed by atoms with Gasteiger partial charge in [0.05, 0.1) is 0 Å². The molecule has 1 unspecified atom stereocenters. The third-order valence-electron chi connectivity index (χ3n) is 4.72. The summed E-state index contributed by atoms with van der Waals surface area (Å²) in [6.45, 7) is 2.31. The number of piperidine rings is 1. The number of thioether (sulfide) groups is 1. The monoisotopic (exact) mass is 302 g/mol. The maximum Gasteiger partial charge on any atom is 0.160 e. The molecule has 112 valence electrons. The number of nitrogens with zero attached hydrogens (tertiary/aromatic N) is 3. The second kappa shape index (κ2) is 5.97. The summed E-state index contributed by atoms with van der Waals surface area (Å²) in [7, 11) is 0. The highest BCUT2D eigenvalue weighted by Crippen LogP contribution is 2.32. The van der Waals surface area contributed by atoms with Gasteiger partial charge in [0.1, 0.15) is 11.3 Å². The number of hydrogen-bond donors (Lipinski definition) is 1. The van der Waals surface area contributed by atoms with E-state index in [4.69, 9.17) is 4.98 Å². The van der Waals surface area contributed by atoms with Gasteiger partial charge >= 0.3 is 0 Å². The van der Waals surface area contributed by atoms with E-state index < -0.39 is 0 Å². The number of aromatic nitrogens is 3. The Bertz CT molecular complexity index is 612. The Labute approximate surface area is 129 Å². The molecular formula is C16H22N4S. The Morgan fingerprint density at radius 1 is 1.29 bits per heavy atom. The molecule has 0 aliphatic carbocycles. The zero-order valence-electron chi connectivity index (χ0n) is 12.3. The van der Waals surface area contributed by atoms with Crippen LogP contribution in [-0.2, 0) is 6.42 Å². The second-order valence-electron chi connectivity index (χ2n) is 6.16. The molecule has 0 bridgehead atoms. The lowest BCUT2D eigenvalue weighted by Crippen LogP contribution is -2.29. The Morgan fingerprint density at radius 2 is 2.19 bits per heavy atom. The first kappa shape index (κ1) is 13.6.